The molecule has 3 aromatic rings. The van der Waals surface area contributed by atoms with Gasteiger partial charge in [0.1, 0.15) is 5.82 Å². The standard InChI is InChI=1S/C20H20FN5O/c21-16-5-3-15(4-6-16)20(27)23-17-2-1-11-26(13-17)19-12-18(24-25-19)14-7-9-22-10-8-14/h3-10,12,17H,1-2,11,13H2,(H,23,27)(H,24,25)/t17-/m1/s1. The Morgan fingerprint density at radius 2 is 1.96 bits per heavy atom. The number of pyridine rings is 1. The highest BCUT2D eigenvalue weighted by Crippen LogP contribution is 2.23. The van der Waals surface area contributed by atoms with E-state index in [9.17, 15) is 9.18 Å². The minimum Gasteiger partial charge on any atom is -0.353 e. The smallest absolute Gasteiger partial charge is 0.251 e. The van der Waals surface area contributed by atoms with E-state index in [1.54, 1.807) is 12.4 Å². The zero-order chi connectivity index (χ0) is 18.6. The van der Waals surface area contributed by atoms with Crippen LogP contribution in [-0.4, -0.2) is 40.2 Å². The van der Waals surface area contributed by atoms with Crippen LogP contribution in [0.25, 0.3) is 11.3 Å². The van der Waals surface area contributed by atoms with Crippen LogP contribution in [0, 0.1) is 5.82 Å². The molecule has 3 heterocycles. The molecule has 0 unspecified atom stereocenters. The van der Waals surface area contributed by atoms with Gasteiger partial charge in [-0.1, -0.05) is 0 Å². The van der Waals surface area contributed by atoms with Crippen molar-refractivity contribution in [3.63, 3.8) is 0 Å². The average Bonchev–Trinajstić information content (AvgIpc) is 3.20. The van der Waals surface area contributed by atoms with Crippen molar-refractivity contribution in [2.24, 2.45) is 0 Å². The van der Waals surface area contributed by atoms with Crippen molar-refractivity contribution in [3.05, 3.63) is 66.2 Å². The number of hydrogen-bond acceptors (Lipinski definition) is 4. The number of benzene rings is 1. The number of rotatable bonds is 4. The number of halogens is 1. The quantitative estimate of drug-likeness (QED) is 0.745. The molecule has 138 valence electrons. The van der Waals surface area contributed by atoms with Gasteiger partial charge in [-0.15, -0.1) is 0 Å². The predicted octanol–water partition coefficient (Wildman–Crippen LogP) is 3.01. The maximum Gasteiger partial charge on any atom is 0.251 e. The molecule has 2 aromatic heterocycles. The molecule has 27 heavy (non-hydrogen) atoms. The third kappa shape index (κ3) is 3.97. The number of anilines is 1. The number of amides is 1. The Kier molecular flexibility index (Phi) is 4.82. The maximum atomic E-state index is 13.0. The molecule has 1 fully saturated rings. The number of piperidine rings is 1. The van der Waals surface area contributed by atoms with Crippen LogP contribution >= 0.6 is 0 Å². The molecular formula is C20H20FN5O. The first kappa shape index (κ1) is 17.2. The Morgan fingerprint density at radius 1 is 1.19 bits per heavy atom. The van der Waals surface area contributed by atoms with Gasteiger partial charge in [-0.2, -0.15) is 5.10 Å². The summed E-state index contributed by atoms with van der Waals surface area (Å²) in [7, 11) is 0. The van der Waals surface area contributed by atoms with Gasteiger partial charge in [-0.05, 0) is 49.2 Å². The SMILES string of the molecule is O=C(N[C@@H]1CCCN(c2cc(-c3ccncc3)[nH]n2)C1)c1ccc(F)cc1. The van der Waals surface area contributed by atoms with Crippen LogP contribution in [0.5, 0.6) is 0 Å². The van der Waals surface area contributed by atoms with Gasteiger partial charge in [0.05, 0.1) is 5.69 Å². The van der Waals surface area contributed by atoms with Gasteiger partial charge < -0.3 is 10.2 Å². The number of hydrogen-bond donors (Lipinski definition) is 2. The normalized spacial score (nSPS) is 16.9. The van der Waals surface area contributed by atoms with Crippen LogP contribution in [-0.2, 0) is 0 Å². The molecule has 1 saturated heterocycles. The fourth-order valence-electron chi connectivity index (χ4n) is 3.33. The molecule has 0 aliphatic carbocycles. The van der Waals surface area contributed by atoms with Gasteiger partial charge in [-0.25, -0.2) is 4.39 Å². The fourth-order valence-corrected chi connectivity index (χ4v) is 3.33. The third-order valence-electron chi connectivity index (χ3n) is 4.74. The number of carbonyl (C=O) groups is 1. The van der Waals surface area contributed by atoms with Crippen molar-refractivity contribution in [3.8, 4) is 11.3 Å². The monoisotopic (exact) mass is 365 g/mol. The van der Waals surface area contributed by atoms with Crippen LogP contribution in [0.2, 0.25) is 0 Å². The van der Waals surface area contributed by atoms with Crippen molar-refractivity contribution in [2.75, 3.05) is 18.0 Å². The Labute approximate surface area is 156 Å². The number of aromatic nitrogens is 3. The van der Waals surface area contributed by atoms with E-state index in [4.69, 9.17) is 0 Å². The number of nitrogens with one attached hydrogen (secondary N) is 2. The highest BCUT2D eigenvalue weighted by atomic mass is 19.1. The zero-order valence-electron chi connectivity index (χ0n) is 14.7. The zero-order valence-corrected chi connectivity index (χ0v) is 14.7. The minimum atomic E-state index is -0.348. The van der Waals surface area contributed by atoms with Crippen LogP contribution in [0.15, 0.2) is 54.9 Å². The Bertz CT molecular complexity index is 910. The summed E-state index contributed by atoms with van der Waals surface area (Å²) in [5.41, 5.74) is 2.43. The topological polar surface area (TPSA) is 73.9 Å². The average molecular weight is 365 g/mol. The second-order valence-corrected chi connectivity index (χ2v) is 6.64. The van der Waals surface area contributed by atoms with Gasteiger partial charge in [0.25, 0.3) is 5.91 Å². The van der Waals surface area contributed by atoms with E-state index in [-0.39, 0.29) is 17.8 Å². The molecule has 1 aliphatic heterocycles. The summed E-state index contributed by atoms with van der Waals surface area (Å²) in [5.74, 6) is 0.336. The largest absolute Gasteiger partial charge is 0.353 e. The second-order valence-electron chi connectivity index (χ2n) is 6.64. The van der Waals surface area contributed by atoms with Crippen molar-refractivity contribution >= 4 is 11.7 Å². The first-order valence-corrected chi connectivity index (χ1v) is 8.96. The van der Waals surface area contributed by atoms with E-state index in [1.807, 2.05) is 18.2 Å². The van der Waals surface area contributed by atoms with E-state index in [0.29, 0.717) is 12.1 Å². The van der Waals surface area contributed by atoms with E-state index in [2.05, 4.69) is 25.4 Å². The van der Waals surface area contributed by atoms with Crippen molar-refractivity contribution < 1.29 is 9.18 Å². The van der Waals surface area contributed by atoms with Crippen molar-refractivity contribution in [1.29, 1.82) is 0 Å². The lowest BCUT2D eigenvalue weighted by Crippen LogP contribution is -2.48. The summed E-state index contributed by atoms with van der Waals surface area (Å²) in [5, 5.41) is 10.5. The van der Waals surface area contributed by atoms with E-state index in [0.717, 1.165) is 36.5 Å². The molecule has 4 rings (SSSR count). The van der Waals surface area contributed by atoms with Crippen LogP contribution in [0.1, 0.15) is 23.2 Å². The number of nitrogens with zero attached hydrogens (tertiary/aromatic N) is 3. The molecule has 0 spiro atoms. The molecule has 1 amide bonds. The molecule has 7 heteroatoms. The van der Waals surface area contributed by atoms with Gasteiger partial charge in [0, 0.05) is 48.7 Å². The van der Waals surface area contributed by atoms with Gasteiger partial charge >= 0.3 is 0 Å². The summed E-state index contributed by atoms with van der Waals surface area (Å²) < 4.78 is 13.0. The summed E-state index contributed by atoms with van der Waals surface area (Å²) >= 11 is 0. The molecule has 6 nitrogen and oxygen atoms in total. The third-order valence-corrected chi connectivity index (χ3v) is 4.74. The van der Waals surface area contributed by atoms with E-state index < -0.39 is 0 Å². The molecule has 2 N–H and O–H groups in total. The lowest BCUT2D eigenvalue weighted by atomic mass is 10.0. The molecule has 0 radical (unpaired) electrons. The lowest BCUT2D eigenvalue weighted by Gasteiger charge is -2.33. The minimum absolute atomic E-state index is 0.0254. The van der Waals surface area contributed by atoms with Gasteiger partial charge in [-0.3, -0.25) is 14.9 Å². The summed E-state index contributed by atoms with van der Waals surface area (Å²) in [6.45, 7) is 1.58. The Balaban J connectivity index is 1.42. The van der Waals surface area contributed by atoms with Crippen molar-refractivity contribution in [1.82, 2.24) is 20.5 Å². The fraction of sp³-hybridized carbons (Fsp3) is 0.250. The first-order chi connectivity index (χ1) is 13.2. The van der Waals surface area contributed by atoms with Crippen LogP contribution in [0.4, 0.5) is 10.2 Å². The summed E-state index contributed by atoms with van der Waals surface area (Å²) in [4.78, 5) is 18.6. The highest BCUT2D eigenvalue weighted by Gasteiger charge is 2.23. The highest BCUT2D eigenvalue weighted by molar-refractivity contribution is 5.94. The summed E-state index contributed by atoms with van der Waals surface area (Å²) in [6, 6.07) is 11.5. The predicted molar refractivity (Wildman–Crippen MR) is 101 cm³/mol. The Morgan fingerprint density at radius 3 is 2.74 bits per heavy atom. The Hall–Kier alpha value is -3.22. The maximum absolute atomic E-state index is 13.0. The molecule has 1 aliphatic rings. The van der Waals surface area contributed by atoms with Crippen LogP contribution < -0.4 is 10.2 Å². The van der Waals surface area contributed by atoms with Gasteiger partial charge in [0.2, 0.25) is 0 Å². The molecule has 1 aromatic carbocycles. The summed E-state index contributed by atoms with van der Waals surface area (Å²) in [6.07, 6.45) is 5.37. The second kappa shape index (κ2) is 7.57. The number of carbonyl (C=O) groups excluding carboxylic acids is 1. The lowest BCUT2D eigenvalue weighted by molar-refractivity contribution is 0.0933. The molecular weight excluding hydrogens is 345 g/mol. The van der Waals surface area contributed by atoms with E-state index in [1.165, 1.54) is 24.3 Å². The number of H-pyrrole nitrogens is 1. The molecule has 0 saturated carbocycles. The molecule has 1 atom stereocenters. The van der Waals surface area contributed by atoms with E-state index >= 15 is 0 Å². The van der Waals surface area contributed by atoms with Crippen LogP contribution in [0.3, 0.4) is 0 Å². The van der Waals surface area contributed by atoms with Gasteiger partial charge in [0.15, 0.2) is 5.82 Å². The molecule has 0 bridgehead atoms. The number of aromatic amines is 1. The van der Waals surface area contributed by atoms with Crippen molar-refractivity contribution in [2.45, 2.75) is 18.9 Å². The first-order valence-electron chi connectivity index (χ1n) is 8.96.